The van der Waals surface area contributed by atoms with Crippen molar-refractivity contribution in [3.63, 3.8) is 0 Å². The Morgan fingerprint density at radius 2 is 2.05 bits per heavy atom. The number of amides is 1. The average Bonchev–Trinajstić information content (AvgIpc) is 2.41. The van der Waals surface area contributed by atoms with Crippen molar-refractivity contribution in [2.75, 3.05) is 5.73 Å². The number of nitrogens with two attached hydrogens (primary N) is 1. The first-order valence-electron chi connectivity index (χ1n) is 5.49. The van der Waals surface area contributed by atoms with Gasteiger partial charge in [-0.15, -0.1) is 0 Å². The smallest absolute Gasteiger partial charge is 0.252 e. The Bertz CT molecular complexity index is 604. The van der Waals surface area contributed by atoms with Gasteiger partial charge in [-0.05, 0) is 45.8 Å². The second-order valence-electron chi connectivity index (χ2n) is 3.89. The maximum absolute atomic E-state index is 13.2. The van der Waals surface area contributed by atoms with E-state index in [1.807, 2.05) is 0 Å². The van der Waals surface area contributed by atoms with E-state index in [1.165, 1.54) is 12.1 Å². The zero-order valence-electron chi connectivity index (χ0n) is 9.86. The molecular weight excluding hydrogens is 313 g/mol. The lowest BCUT2D eigenvalue weighted by atomic mass is 10.1. The van der Waals surface area contributed by atoms with Crippen molar-refractivity contribution in [1.82, 2.24) is 10.3 Å². The quantitative estimate of drug-likeness (QED) is 0.853. The van der Waals surface area contributed by atoms with Crippen molar-refractivity contribution in [3.8, 4) is 0 Å². The summed E-state index contributed by atoms with van der Waals surface area (Å²) in [4.78, 5) is 15.9. The van der Waals surface area contributed by atoms with Crippen molar-refractivity contribution in [1.29, 1.82) is 0 Å². The van der Waals surface area contributed by atoms with Crippen molar-refractivity contribution in [3.05, 3.63) is 58.1 Å². The molecular formula is C13H11BrFN3O. The summed E-state index contributed by atoms with van der Waals surface area (Å²) in [6.07, 6.45) is 3.29. The molecule has 2 rings (SSSR count). The third kappa shape index (κ3) is 3.29. The number of hydrogen-bond acceptors (Lipinski definition) is 3. The zero-order chi connectivity index (χ0) is 13.8. The highest BCUT2D eigenvalue weighted by molar-refractivity contribution is 9.10. The largest absolute Gasteiger partial charge is 0.396 e. The number of benzene rings is 1. The van der Waals surface area contributed by atoms with Crippen LogP contribution in [0.3, 0.4) is 0 Å². The summed E-state index contributed by atoms with van der Waals surface area (Å²) in [7, 11) is 0. The van der Waals surface area contributed by atoms with E-state index < -0.39 is 5.82 Å². The number of nitrogens with one attached hydrogen (secondary N) is 1. The molecule has 0 aliphatic rings. The second-order valence-corrected chi connectivity index (χ2v) is 4.75. The van der Waals surface area contributed by atoms with Gasteiger partial charge in [-0.25, -0.2) is 4.39 Å². The minimum Gasteiger partial charge on any atom is -0.396 e. The molecule has 98 valence electrons. The van der Waals surface area contributed by atoms with Crippen LogP contribution in [0.2, 0.25) is 0 Å². The number of halogens is 2. The number of pyridine rings is 1. The van der Waals surface area contributed by atoms with Gasteiger partial charge in [-0.1, -0.05) is 0 Å². The molecule has 0 spiro atoms. The molecule has 1 amide bonds. The summed E-state index contributed by atoms with van der Waals surface area (Å²) in [6.45, 7) is 0.366. The first-order chi connectivity index (χ1) is 9.08. The Labute approximate surface area is 118 Å². The number of nitrogen functional groups attached to an aromatic ring is 1. The molecule has 2 aromatic rings. The van der Waals surface area contributed by atoms with Crippen LogP contribution < -0.4 is 11.1 Å². The SMILES string of the molecule is Nc1cc(C(=O)NCc2ccncc2)c(Br)cc1F. The summed E-state index contributed by atoms with van der Waals surface area (Å²) < 4.78 is 13.5. The second kappa shape index (κ2) is 5.79. The van der Waals surface area contributed by atoms with Gasteiger partial charge in [0.2, 0.25) is 0 Å². The van der Waals surface area contributed by atoms with E-state index in [9.17, 15) is 9.18 Å². The van der Waals surface area contributed by atoms with Crippen LogP contribution in [-0.4, -0.2) is 10.9 Å². The monoisotopic (exact) mass is 323 g/mol. The Hall–Kier alpha value is -1.95. The first kappa shape index (κ1) is 13.5. The van der Waals surface area contributed by atoms with Gasteiger partial charge in [0, 0.05) is 23.4 Å². The molecule has 0 saturated carbocycles. The van der Waals surface area contributed by atoms with Crippen molar-refractivity contribution < 1.29 is 9.18 Å². The van der Waals surface area contributed by atoms with E-state index in [0.29, 0.717) is 16.6 Å². The number of carbonyl (C=O) groups is 1. The predicted molar refractivity (Wildman–Crippen MR) is 73.9 cm³/mol. The molecule has 1 aromatic carbocycles. The van der Waals surface area contributed by atoms with Gasteiger partial charge >= 0.3 is 0 Å². The van der Waals surface area contributed by atoms with Crippen LogP contribution in [0.5, 0.6) is 0 Å². The number of nitrogens with zero attached hydrogens (tertiary/aromatic N) is 1. The maximum atomic E-state index is 13.2. The van der Waals surface area contributed by atoms with Crippen LogP contribution in [0.1, 0.15) is 15.9 Å². The van der Waals surface area contributed by atoms with Gasteiger partial charge in [0.1, 0.15) is 5.82 Å². The molecule has 0 saturated heterocycles. The fourth-order valence-electron chi connectivity index (χ4n) is 1.52. The molecule has 0 aliphatic heterocycles. The van der Waals surface area contributed by atoms with Gasteiger partial charge in [0.15, 0.2) is 0 Å². The van der Waals surface area contributed by atoms with Gasteiger partial charge in [-0.3, -0.25) is 9.78 Å². The van der Waals surface area contributed by atoms with Crippen LogP contribution in [0.15, 0.2) is 41.1 Å². The van der Waals surface area contributed by atoms with Gasteiger partial charge < -0.3 is 11.1 Å². The molecule has 0 radical (unpaired) electrons. The van der Waals surface area contributed by atoms with Crippen LogP contribution in [-0.2, 0) is 6.54 Å². The average molecular weight is 324 g/mol. The lowest BCUT2D eigenvalue weighted by molar-refractivity contribution is 0.0950. The number of aromatic nitrogens is 1. The highest BCUT2D eigenvalue weighted by atomic mass is 79.9. The highest BCUT2D eigenvalue weighted by Crippen LogP contribution is 2.22. The third-order valence-electron chi connectivity index (χ3n) is 2.53. The van der Waals surface area contributed by atoms with Crippen molar-refractivity contribution in [2.45, 2.75) is 6.54 Å². The van der Waals surface area contributed by atoms with Crippen molar-refractivity contribution >= 4 is 27.5 Å². The molecule has 19 heavy (non-hydrogen) atoms. The van der Waals surface area contributed by atoms with E-state index in [-0.39, 0.29) is 11.6 Å². The van der Waals surface area contributed by atoms with Crippen LogP contribution in [0.25, 0.3) is 0 Å². The fourth-order valence-corrected chi connectivity index (χ4v) is 2.01. The van der Waals surface area contributed by atoms with E-state index in [2.05, 4.69) is 26.2 Å². The minimum atomic E-state index is -0.558. The van der Waals surface area contributed by atoms with Gasteiger partial charge in [-0.2, -0.15) is 0 Å². The summed E-state index contributed by atoms with van der Waals surface area (Å²) in [5.41, 5.74) is 6.62. The molecule has 6 heteroatoms. The molecule has 1 heterocycles. The van der Waals surface area contributed by atoms with Gasteiger partial charge in [0.05, 0.1) is 11.3 Å². The molecule has 0 bridgehead atoms. The van der Waals surface area contributed by atoms with E-state index >= 15 is 0 Å². The highest BCUT2D eigenvalue weighted by Gasteiger charge is 2.13. The Morgan fingerprint density at radius 3 is 2.74 bits per heavy atom. The number of anilines is 1. The fraction of sp³-hybridized carbons (Fsp3) is 0.0769. The van der Waals surface area contributed by atoms with E-state index in [1.54, 1.807) is 24.5 Å². The summed E-state index contributed by atoms with van der Waals surface area (Å²) in [6, 6.07) is 6.08. The molecule has 0 unspecified atom stereocenters. The summed E-state index contributed by atoms with van der Waals surface area (Å²) >= 11 is 3.14. The van der Waals surface area contributed by atoms with Crippen LogP contribution in [0, 0.1) is 5.82 Å². The lowest BCUT2D eigenvalue weighted by Gasteiger charge is -2.08. The molecule has 3 N–H and O–H groups in total. The molecule has 0 fully saturated rings. The van der Waals surface area contributed by atoms with Crippen LogP contribution >= 0.6 is 15.9 Å². The Kier molecular flexibility index (Phi) is 4.11. The maximum Gasteiger partial charge on any atom is 0.252 e. The number of hydrogen-bond donors (Lipinski definition) is 2. The number of carbonyl (C=O) groups excluding carboxylic acids is 1. The van der Waals surface area contributed by atoms with E-state index in [4.69, 9.17) is 5.73 Å². The predicted octanol–water partition coefficient (Wildman–Crippen LogP) is 2.50. The van der Waals surface area contributed by atoms with Crippen molar-refractivity contribution in [2.24, 2.45) is 0 Å². The molecule has 4 nitrogen and oxygen atoms in total. The molecule has 1 aromatic heterocycles. The number of rotatable bonds is 3. The first-order valence-corrected chi connectivity index (χ1v) is 6.29. The third-order valence-corrected chi connectivity index (χ3v) is 3.19. The van der Waals surface area contributed by atoms with Crippen LogP contribution in [0.4, 0.5) is 10.1 Å². The normalized spacial score (nSPS) is 10.2. The van der Waals surface area contributed by atoms with E-state index in [0.717, 1.165) is 5.56 Å². The summed E-state index contributed by atoms with van der Waals surface area (Å²) in [5, 5.41) is 2.73. The van der Waals surface area contributed by atoms with Gasteiger partial charge in [0.25, 0.3) is 5.91 Å². The lowest BCUT2D eigenvalue weighted by Crippen LogP contribution is -2.23. The molecule has 0 atom stereocenters. The Balaban J connectivity index is 2.10. The topological polar surface area (TPSA) is 68.0 Å². The molecule has 0 aliphatic carbocycles. The minimum absolute atomic E-state index is 0.0581. The zero-order valence-corrected chi connectivity index (χ0v) is 11.4. The summed E-state index contributed by atoms with van der Waals surface area (Å²) in [5.74, 6) is -0.882. The Morgan fingerprint density at radius 1 is 1.37 bits per heavy atom. The standard InChI is InChI=1S/C13H11BrFN3O/c14-10-6-11(15)12(16)5-9(10)13(19)18-7-8-1-3-17-4-2-8/h1-6H,7,16H2,(H,18,19).